The summed E-state index contributed by atoms with van der Waals surface area (Å²) in [6.07, 6.45) is 0. The first kappa shape index (κ1) is 14.8. The summed E-state index contributed by atoms with van der Waals surface area (Å²) in [5, 5.41) is 12.4. The third-order valence-electron chi connectivity index (χ3n) is 2.51. The summed E-state index contributed by atoms with van der Waals surface area (Å²) in [6, 6.07) is 6.60. The first-order valence-corrected chi connectivity index (χ1v) is 6.19. The van der Waals surface area contributed by atoms with Crippen LogP contribution in [0.15, 0.2) is 24.3 Å². The van der Waals surface area contributed by atoms with Gasteiger partial charge in [-0.05, 0) is 24.1 Å². The first-order chi connectivity index (χ1) is 8.52. The van der Waals surface area contributed by atoms with Crippen molar-refractivity contribution in [2.24, 2.45) is 5.92 Å². The number of nitrogens with one attached hydrogen (secondary N) is 1. The molecule has 100 valence electrons. The number of aliphatic hydroxyl groups excluding tert-OH is 1. The molecule has 0 spiro atoms. The molecule has 0 bridgehead atoms. The Morgan fingerprint density at radius 3 is 2.78 bits per heavy atom. The van der Waals surface area contributed by atoms with E-state index in [0.717, 1.165) is 0 Å². The van der Waals surface area contributed by atoms with Crippen molar-refractivity contribution in [2.75, 3.05) is 13.2 Å². The molecule has 0 radical (unpaired) electrons. The molecule has 0 fully saturated rings. The normalized spacial score (nSPS) is 12.3. The van der Waals surface area contributed by atoms with Gasteiger partial charge in [0.1, 0.15) is 5.75 Å². The fourth-order valence-corrected chi connectivity index (χ4v) is 1.56. The minimum atomic E-state index is -0.261. The number of hydrogen-bond donors (Lipinski definition) is 2. The Morgan fingerprint density at radius 2 is 2.22 bits per heavy atom. The van der Waals surface area contributed by atoms with Gasteiger partial charge in [0.25, 0.3) is 5.91 Å². The molecule has 0 aliphatic carbocycles. The Balaban J connectivity index is 2.41. The Labute approximate surface area is 112 Å². The summed E-state index contributed by atoms with van der Waals surface area (Å²) in [5.41, 5.74) is 0. The molecule has 5 heteroatoms. The van der Waals surface area contributed by atoms with Crippen LogP contribution in [0.5, 0.6) is 5.75 Å². The van der Waals surface area contributed by atoms with Gasteiger partial charge in [-0.2, -0.15) is 0 Å². The minimum absolute atomic E-state index is 0.0828. The van der Waals surface area contributed by atoms with Gasteiger partial charge in [0.05, 0.1) is 12.6 Å². The molecule has 1 rings (SSSR count). The van der Waals surface area contributed by atoms with Crippen LogP contribution in [0.25, 0.3) is 0 Å². The molecule has 0 aliphatic heterocycles. The van der Waals surface area contributed by atoms with Gasteiger partial charge in [0.15, 0.2) is 6.61 Å². The van der Waals surface area contributed by atoms with E-state index in [1.54, 1.807) is 24.3 Å². The highest BCUT2D eigenvalue weighted by Gasteiger charge is 2.15. The zero-order chi connectivity index (χ0) is 13.5. The maximum absolute atomic E-state index is 11.6. The number of carbonyl (C=O) groups excluding carboxylic acids is 1. The number of benzene rings is 1. The quantitative estimate of drug-likeness (QED) is 0.830. The van der Waals surface area contributed by atoms with E-state index in [-0.39, 0.29) is 31.1 Å². The van der Waals surface area contributed by atoms with E-state index in [1.165, 1.54) is 0 Å². The Hall–Kier alpha value is -1.26. The lowest BCUT2D eigenvalue weighted by Gasteiger charge is -2.19. The topological polar surface area (TPSA) is 58.6 Å². The number of rotatable bonds is 6. The summed E-state index contributed by atoms with van der Waals surface area (Å²) < 4.78 is 5.30. The number of halogens is 1. The lowest BCUT2D eigenvalue weighted by Crippen LogP contribution is -2.43. The fraction of sp³-hybridized carbons (Fsp3) is 0.462. The van der Waals surface area contributed by atoms with Gasteiger partial charge in [-0.3, -0.25) is 4.79 Å². The van der Waals surface area contributed by atoms with E-state index < -0.39 is 0 Å². The van der Waals surface area contributed by atoms with Gasteiger partial charge in [0, 0.05) is 5.02 Å². The predicted molar refractivity (Wildman–Crippen MR) is 70.8 cm³/mol. The minimum Gasteiger partial charge on any atom is -0.484 e. The number of amides is 1. The summed E-state index contributed by atoms with van der Waals surface area (Å²) in [7, 11) is 0. The van der Waals surface area contributed by atoms with Crippen LogP contribution in [0.1, 0.15) is 13.8 Å². The molecule has 0 saturated carbocycles. The van der Waals surface area contributed by atoms with Crippen LogP contribution in [0.2, 0.25) is 5.02 Å². The molecule has 1 aromatic rings. The molecule has 0 saturated heterocycles. The van der Waals surface area contributed by atoms with Crippen molar-refractivity contribution in [1.82, 2.24) is 5.32 Å². The molecule has 18 heavy (non-hydrogen) atoms. The highest BCUT2D eigenvalue weighted by molar-refractivity contribution is 6.30. The Bertz CT molecular complexity index is 396. The van der Waals surface area contributed by atoms with Crippen LogP contribution in [-0.2, 0) is 4.79 Å². The van der Waals surface area contributed by atoms with Crippen molar-refractivity contribution in [1.29, 1.82) is 0 Å². The fourth-order valence-electron chi connectivity index (χ4n) is 1.38. The number of hydrogen-bond acceptors (Lipinski definition) is 3. The van der Waals surface area contributed by atoms with Crippen molar-refractivity contribution in [3.05, 3.63) is 29.3 Å². The monoisotopic (exact) mass is 271 g/mol. The summed E-state index contributed by atoms with van der Waals surface area (Å²) in [6.45, 7) is 3.68. The van der Waals surface area contributed by atoms with E-state index in [9.17, 15) is 4.79 Å². The molecule has 0 heterocycles. The van der Waals surface area contributed by atoms with Crippen molar-refractivity contribution >= 4 is 17.5 Å². The van der Waals surface area contributed by atoms with Gasteiger partial charge in [-0.15, -0.1) is 0 Å². The molecular weight excluding hydrogens is 254 g/mol. The van der Waals surface area contributed by atoms with Gasteiger partial charge in [-0.25, -0.2) is 0 Å². The molecule has 1 amide bonds. The van der Waals surface area contributed by atoms with Crippen LogP contribution in [0.4, 0.5) is 0 Å². The third-order valence-corrected chi connectivity index (χ3v) is 2.75. The van der Waals surface area contributed by atoms with E-state index in [0.29, 0.717) is 10.8 Å². The van der Waals surface area contributed by atoms with E-state index in [4.69, 9.17) is 21.4 Å². The molecule has 1 unspecified atom stereocenters. The van der Waals surface area contributed by atoms with Crippen molar-refractivity contribution in [3.63, 3.8) is 0 Å². The zero-order valence-electron chi connectivity index (χ0n) is 10.5. The number of ether oxygens (including phenoxy) is 1. The summed E-state index contributed by atoms with van der Waals surface area (Å²) in [5.74, 6) is 0.454. The largest absolute Gasteiger partial charge is 0.484 e. The maximum Gasteiger partial charge on any atom is 0.258 e. The van der Waals surface area contributed by atoms with E-state index in [2.05, 4.69) is 5.32 Å². The highest BCUT2D eigenvalue weighted by Crippen LogP contribution is 2.16. The van der Waals surface area contributed by atoms with Crippen molar-refractivity contribution < 1.29 is 14.6 Å². The summed E-state index contributed by atoms with van der Waals surface area (Å²) in [4.78, 5) is 11.6. The zero-order valence-corrected chi connectivity index (χ0v) is 11.3. The number of carbonyl (C=O) groups is 1. The molecular formula is C13H18ClNO3. The van der Waals surface area contributed by atoms with Gasteiger partial charge < -0.3 is 15.2 Å². The van der Waals surface area contributed by atoms with E-state index >= 15 is 0 Å². The second kappa shape index (κ2) is 7.24. The lowest BCUT2D eigenvalue weighted by molar-refractivity contribution is -0.124. The average Bonchev–Trinajstić information content (AvgIpc) is 2.33. The molecule has 4 nitrogen and oxygen atoms in total. The molecule has 2 N–H and O–H groups in total. The molecule has 0 aromatic heterocycles. The predicted octanol–water partition coefficient (Wildman–Crippen LogP) is 1.85. The van der Waals surface area contributed by atoms with Gasteiger partial charge in [0.2, 0.25) is 0 Å². The standard InChI is InChI=1S/C13H18ClNO3/c1-9(2)12(7-16)15-13(17)8-18-11-5-3-4-10(14)6-11/h3-6,9,12,16H,7-8H2,1-2H3,(H,15,17). The van der Waals surface area contributed by atoms with E-state index in [1.807, 2.05) is 13.8 Å². The van der Waals surface area contributed by atoms with Crippen molar-refractivity contribution in [3.8, 4) is 5.75 Å². The lowest BCUT2D eigenvalue weighted by atomic mass is 10.1. The van der Waals surface area contributed by atoms with Crippen LogP contribution in [0.3, 0.4) is 0 Å². The maximum atomic E-state index is 11.6. The average molecular weight is 272 g/mol. The molecule has 1 aromatic carbocycles. The smallest absolute Gasteiger partial charge is 0.258 e. The molecule has 1 atom stereocenters. The van der Waals surface area contributed by atoms with Crippen LogP contribution in [-0.4, -0.2) is 30.3 Å². The Morgan fingerprint density at radius 1 is 1.50 bits per heavy atom. The second-order valence-corrected chi connectivity index (χ2v) is 4.78. The SMILES string of the molecule is CC(C)C(CO)NC(=O)COc1cccc(Cl)c1. The first-order valence-electron chi connectivity index (χ1n) is 5.81. The Kier molecular flexibility index (Phi) is 5.95. The second-order valence-electron chi connectivity index (χ2n) is 4.35. The van der Waals surface area contributed by atoms with Gasteiger partial charge in [-0.1, -0.05) is 31.5 Å². The van der Waals surface area contributed by atoms with Crippen LogP contribution < -0.4 is 10.1 Å². The van der Waals surface area contributed by atoms with Gasteiger partial charge >= 0.3 is 0 Å². The highest BCUT2D eigenvalue weighted by atomic mass is 35.5. The summed E-state index contributed by atoms with van der Waals surface area (Å²) >= 11 is 5.79. The van der Waals surface area contributed by atoms with Crippen molar-refractivity contribution in [2.45, 2.75) is 19.9 Å². The molecule has 0 aliphatic rings. The van der Waals surface area contributed by atoms with Crippen LogP contribution in [0, 0.1) is 5.92 Å². The third kappa shape index (κ3) is 4.94. The van der Waals surface area contributed by atoms with Crippen LogP contribution >= 0.6 is 11.6 Å². The number of aliphatic hydroxyl groups is 1.